The van der Waals surface area contributed by atoms with Crippen molar-refractivity contribution in [1.29, 1.82) is 0 Å². The van der Waals surface area contributed by atoms with Crippen LogP contribution in [-0.2, 0) is 26.8 Å². The summed E-state index contributed by atoms with van der Waals surface area (Å²) in [6.45, 7) is 0.661. The average molecular weight is 343 g/mol. The van der Waals surface area contributed by atoms with Gasteiger partial charge in [-0.1, -0.05) is 48.5 Å². The molecule has 0 aromatic heterocycles. The minimum Gasteiger partial charge on any atom is -0.312 e. The number of hydrogen-bond acceptors (Lipinski definition) is 3. The van der Waals surface area contributed by atoms with Gasteiger partial charge in [-0.2, -0.15) is 0 Å². The molecule has 0 radical (unpaired) electrons. The maximum absolute atomic E-state index is 12.5. The van der Waals surface area contributed by atoms with Gasteiger partial charge in [-0.3, -0.25) is 4.79 Å². The first-order chi connectivity index (χ1) is 11.6. The number of sulfone groups is 1. The van der Waals surface area contributed by atoms with Crippen LogP contribution in [0.2, 0.25) is 0 Å². The Morgan fingerprint density at radius 2 is 1.71 bits per heavy atom. The third kappa shape index (κ3) is 4.03. The average Bonchev–Trinajstić information content (AvgIpc) is 2.60. The summed E-state index contributed by atoms with van der Waals surface area (Å²) < 4.78 is 24.5. The van der Waals surface area contributed by atoms with E-state index in [-0.39, 0.29) is 23.8 Å². The first-order valence-electron chi connectivity index (χ1n) is 8.18. The van der Waals surface area contributed by atoms with E-state index >= 15 is 0 Å². The van der Waals surface area contributed by atoms with E-state index in [2.05, 4.69) is 0 Å². The Bertz CT molecular complexity index is 816. The van der Waals surface area contributed by atoms with Gasteiger partial charge in [0.1, 0.15) is 0 Å². The summed E-state index contributed by atoms with van der Waals surface area (Å²) >= 11 is 0. The van der Waals surface area contributed by atoms with Crippen LogP contribution in [0.4, 0.5) is 5.69 Å². The van der Waals surface area contributed by atoms with Crippen LogP contribution in [0.15, 0.2) is 54.6 Å². The van der Waals surface area contributed by atoms with Gasteiger partial charge >= 0.3 is 0 Å². The monoisotopic (exact) mass is 343 g/mol. The highest BCUT2D eigenvalue weighted by molar-refractivity contribution is 7.90. The number of carbonyl (C=O) groups excluding carboxylic acids is 1. The van der Waals surface area contributed by atoms with E-state index in [4.69, 9.17) is 0 Å². The van der Waals surface area contributed by atoms with E-state index in [1.54, 1.807) is 17.0 Å². The summed E-state index contributed by atoms with van der Waals surface area (Å²) in [5, 5.41) is 0. The zero-order chi connectivity index (χ0) is 17.0. The molecular weight excluding hydrogens is 322 g/mol. The highest BCUT2D eigenvalue weighted by Crippen LogP contribution is 2.27. The van der Waals surface area contributed by atoms with Crippen molar-refractivity contribution in [3.63, 3.8) is 0 Å². The molecule has 0 saturated heterocycles. The second-order valence-electron chi connectivity index (χ2n) is 6.11. The van der Waals surface area contributed by atoms with Crippen LogP contribution in [0, 0.1) is 0 Å². The number of amides is 1. The fourth-order valence-corrected chi connectivity index (χ4v) is 4.40. The summed E-state index contributed by atoms with van der Waals surface area (Å²) in [6.07, 6.45) is 1.91. The first kappa shape index (κ1) is 16.7. The van der Waals surface area contributed by atoms with Crippen molar-refractivity contribution in [2.45, 2.75) is 25.0 Å². The summed E-state index contributed by atoms with van der Waals surface area (Å²) in [5.41, 5.74) is 2.84. The SMILES string of the molecule is O=C(CCS(=O)(=O)Cc1ccccc1)N1CCCc2ccccc21. The predicted molar refractivity (Wildman–Crippen MR) is 95.7 cm³/mol. The Hall–Kier alpha value is -2.14. The van der Waals surface area contributed by atoms with Crippen molar-refractivity contribution >= 4 is 21.4 Å². The van der Waals surface area contributed by atoms with Gasteiger partial charge in [-0.05, 0) is 30.0 Å². The van der Waals surface area contributed by atoms with Gasteiger partial charge in [0.25, 0.3) is 0 Å². The molecular formula is C19H21NO3S. The number of benzene rings is 2. The van der Waals surface area contributed by atoms with Crippen LogP contribution in [0.3, 0.4) is 0 Å². The Morgan fingerprint density at radius 1 is 1.00 bits per heavy atom. The van der Waals surface area contributed by atoms with Crippen LogP contribution in [0.25, 0.3) is 0 Å². The molecule has 2 aromatic carbocycles. The van der Waals surface area contributed by atoms with Crippen molar-refractivity contribution in [3.05, 3.63) is 65.7 Å². The number of para-hydroxylation sites is 1. The molecule has 0 N–H and O–H groups in total. The van der Waals surface area contributed by atoms with Crippen LogP contribution >= 0.6 is 0 Å². The first-order valence-corrected chi connectivity index (χ1v) is 10.00. The summed E-state index contributed by atoms with van der Waals surface area (Å²) in [7, 11) is -3.29. The number of hydrogen-bond donors (Lipinski definition) is 0. The van der Waals surface area contributed by atoms with Crippen LogP contribution in [0.5, 0.6) is 0 Å². The lowest BCUT2D eigenvalue weighted by Crippen LogP contribution is -2.36. The van der Waals surface area contributed by atoms with E-state index in [1.165, 1.54) is 0 Å². The molecule has 1 aliphatic heterocycles. The maximum Gasteiger partial charge on any atom is 0.228 e. The van der Waals surface area contributed by atoms with E-state index in [0.29, 0.717) is 6.54 Å². The van der Waals surface area contributed by atoms with Gasteiger partial charge in [-0.25, -0.2) is 8.42 Å². The quantitative estimate of drug-likeness (QED) is 0.839. The van der Waals surface area contributed by atoms with E-state index in [0.717, 1.165) is 29.7 Å². The Morgan fingerprint density at radius 3 is 2.50 bits per heavy atom. The molecule has 24 heavy (non-hydrogen) atoms. The van der Waals surface area contributed by atoms with Gasteiger partial charge in [0.15, 0.2) is 9.84 Å². The fraction of sp³-hybridized carbons (Fsp3) is 0.316. The van der Waals surface area contributed by atoms with E-state index < -0.39 is 9.84 Å². The van der Waals surface area contributed by atoms with Gasteiger partial charge in [0.05, 0.1) is 11.5 Å². The van der Waals surface area contributed by atoms with Crippen LogP contribution < -0.4 is 4.90 Å². The topological polar surface area (TPSA) is 54.5 Å². The Balaban J connectivity index is 1.64. The van der Waals surface area contributed by atoms with Gasteiger partial charge in [-0.15, -0.1) is 0 Å². The van der Waals surface area contributed by atoms with Gasteiger partial charge in [0.2, 0.25) is 5.91 Å². The molecule has 0 atom stereocenters. The molecule has 5 heteroatoms. The highest BCUT2D eigenvalue weighted by atomic mass is 32.2. The molecule has 1 amide bonds. The molecule has 1 aliphatic rings. The molecule has 3 rings (SSSR count). The maximum atomic E-state index is 12.5. The minimum atomic E-state index is -3.29. The number of anilines is 1. The predicted octanol–water partition coefficient (Wildman–Crippen LogP) is 2.97. The summed E-state index contributed by atoms with van der Waals surface area (Å²) in [6, 6.07) is 16.9. The van der Waals surface area contributed by atoms with Crippen molar-refractivity contribution in [2.24, 2.45) is 0 Å². The number of aryl methyl sites for hydroxylation is 1. The molecule has 0 unspecified atom stereocenters. The number of fused-ring (bicyclic) bond motifs is 1. The van der Waals surface area contributed by atoms with Gasteiger partial charge in [0, 0.05) is 18.7 Å². The number of nitrogens with zero attached hydrogens (tertiary/aromatic N) is 1. The van der Waals surface area contributed by atoms with Crippen molar-refractivity contribution < 1.29 is 13.2 Å². The van der Waals surface area contributed by atoms with Crippen molar-refractivity contribution in [2.75, 3.05) is 17.2 Å². The second-order valence-corrected chi connectivity index (χ2v) is 8.29. The van der Waals surface area contributed by atoms with Crippen LogP contribution in [-0.4, -0.2) is 26.6 Å². The second kappa shape index (κ2) is 7.18. The van der Waals surface area contributed by atoms with E-state index in [9.17, 15) is 13.2 Å². The zero-order valence-electron chi connectivity index (χ0n) is 13.5. The van der Waals surface area contributed by atoms with E-state index in [1.807, 2.05) is 42.5 Å². The largest absolute Gasteiger partial charge is 0.312 e. The Kier molecular flexibility index (Phi) is 5.00. The Labute approximate surface area is 143 Å². The third-order valence-electron chi connectivity index (χ3n) is 4.27. The molecule has 0 saturated carbocycles. The van der Waals surface area contributed by atoms with Gasteiger partial charge < -0.3 is 4.90 Å². The van der Waals surface area contributed by atoms with Crippen molar-refractivity contribution in [3.8, 4) is 0 Å². The minimum absolute atomic E-state index is 0.0162. The molecule has 4 nitrogen and oxygen atoms in total. The standard InChI is InChI=1S/C19H21NO3S/c21-19(20-13-6-10-17-9-4-5-11-18(17)20)12-14-24(22,23)15-16-7-2-1-3-8-16/h1-5,7-9,11H,6,10,12-15H2. The summed E-state index contributed by atoms with van der Waals surface area (Å²) in [5.74, 6) is -0.240. The normalized spacial score (nSPS) is 14.2. The third-order valence-corrected chi connectivity index (χ3v) is 5.87. The molecule has 0 fully saturated rings. The molecule has 0 aliphatic carbocycles. The molecule has 1 heterocycles. The fourth-order valence-electron chi connectivity index (χ4n) is 3.07. The van der Waals surface area contributed by atoms with Crippen molar-refractivity contribution in [1.82, 2.24) is 0 Å². The lowest BCUT2D eigenvalue weighted by molar-refractivity contribution is -0.118. The number of rotatable bonds is 5. The zero-order valence-corrected chi connectivity index (χ0v) is 14.3. The molecule has 0 bridgehead atoms. The molecule has 126 valence electrons. The lowest BCUT2D eigenvalue weighted by atomic mass is 10.0. The smallest absolute Gasteiger partial charge is 0.228 e. The lowest BCUT2D eigenvalue weighted by Gasteiger charge is -2.29. The summed E-state index contributed by atoms with van der Waals surface area (Å²) in [4.78, 5) is 14.3. The highest BCUT2D eigenvalue weighted by Gasteiger charge is 2.23. The van der Waals surface area contributed by atoms with Crippen LogP contribution in [0.1, 0.15) is 24.0 Å². The molecule has 0 spiro atoms. The molecule has 2 aromatic rings. The number of carbonyl (C=O) groups is 1.